The van der Waals surface area contributed by atoms with Gasteiger partial charge in [-0.3, -0.25) is 0 Å². The molecule has 0 aliphatic carbocycles. The Morgan fingerprint density at radius 2 is 1.54 bits per heavy atom. The van der Waals surface area contributed by atoms with Gasteiger partial charge in [0.15, 0.2) is 5.92 Å². The van der Waals surface area contributed by atoms with Crippen LogP contribution in [0.4, 0.5) is 31.1 Å². The molecule has 0 aromatic heterocycles. The maximum atomic E-state index is 12.6. The van der Waals surface area contributed by atoms with Crippen molar-refractivity contribution in [1.29, 1.82) is 0 Å². The predicted octanol–water partition coefficient (Wildman–Crippen LogP) is 3.11. The highest BCUT2D eigenvalue weighted by molar-refractivity contribution is 5.80. The fourth-order valence-electron chi connectivity index (χ4n) is 1.74. The molecule has 0 aliphatic rings. The minimum Gasteiger partial charge on any atom is -0.480 e. The molecule has 0 unspecified atom stereocenters. The molecular weight excluding hydrogens is 348 g/mol. The Kier molecular flexibility index (Phi) is 6.04. The number of hydrogen-bond donors (Lipinski definition) is 2. The number of hydrogen-bond acceptors (Lipinski definition) is 3. The molecule has 1 atom stereocenters. The number of carboxylic acid groups (broad SMARTS) is 1. The lowest BCUT2D eigenvalue weighted by Crippen LogP contribution is -2.56. The van der Waals surface area contributed by atoms with E-state index in [1.807, 2.05) is 0 Å². The highest BCUT2D eigenvalue weighted by Gasteiger charge is 2.62. The molecule has 0 spiro atoms. The van der Waals surface area contributed by atoms with Gasteiger partial charge in [0.05, 0.1) is 0 Å². The molecule has 1 aromatic carbocycles. The summed E-state index contributed by atoms with van der Waals surface area (Å²) in [6.07, 6.45) is -13.6. The molecule has 5 nitrogen and oxygen atoms in total. The summed E-state index contributed by atoms with van der Waals surface area (Å²) in [5.41, 5.74) is 0.405. The van der Waals surface area contributed by atoms with Crippen LogP contribution in [0.1, 0.15) is 5.56 Å². The number of alkyl halides is 6. The van der Waals surface area contributed by atoms with Gasteiger partial charge in [0.2, 0.25) is 0 Å². The summed E-state index contributed by atoms with van der Waals surface area (Å²) in [7, 11) is 0. The van der Waals surface area contributed by atoms with Gasteiger partial charge in [-0.1, -0.05) is 30.3 Å². The molecule has 134 valence electrons. The smallest absolute Gasteiger partial charge is 0.408 e. The molecule has 1 amide bonds. The average Bonchev–Trinajstić information content (AvgIpc) is 2.42. The molecule has 24 heavy (non-hydrogen) atoms. The Hall–Kier alpha value is -2.46. The van der Waals surface area contributed by atoms with E-state index >= 15 is 0 Å². The zero-order chi connectivity index (χ0) is 18.5. The topological polar surface area (TPSA) is 75.6 Å². The van der Waals surface area contributed by atoms with Crippen LogP contribution >= 0.6 is 0 Å². The van der Waals surface area contributed by atoms with E-state index in [2.05, 4.69) is 4.74 Å². The van der Waals surface area contributed by atoms with E-state index in [9.17, 15) is 35.9 Å². The number of carbonyl (C=O) groups excluding carboxylic acids is 1. The molecule has 1 rings (SSSR count). The van der Waals surface area contributed by atoms with E-state index in [4.69, 9.17) is 5.11 Å². The molecule has 0 aliphatic heterocycles. The molecule has 1 aromatic rings. The van der Waals surface area contributed by atoms with Crippen molar-refractivity contribution in [2.45, 2.75) is 25.0 Å². The zero-order valence-corrected chi connectivity index (χ0v) is 11.7. The average molecular weight is 359 g/mol. The van der Waals surface area contributed by atoms with Gasteiger partial charge in [-0.2, -0.15) is 26.3 Å². The molecule has 0 bridgehead atoms. The maximum absolute atomic E-state index is 12.6. The van der Waals surface area contributed by atoms with Crippen LogP contribution in [-0.4, -0.2) is 35.6 Å². The Morgan fingerprint density at radius 3 is 1.96 bits per heavy atom. The van der Waals surface area contributed by atoms with Gasteiger partial charge < -0.3 is 15.2 Å². The number of benzene rings is 1. The third-order valence-corrected chi connectivity index (χ3v) is 2.79. The van der Waals surface area contributed by atoms with Crippen molar-refractivity contribution in [2.75, 3.05) is 0 Å². The second kappa shape index (κ2) is 7.41. The highest BCUT2D eigenvalue weighted by Crippen LogP contribution is 2.41. The summed E-state index contributed by atoms with van der Waals surface area (Å²) < 4.78 is 79.7. The summed E-state index contributed by atoms with van der Waals surface area (Å²) >= 11 is 0. The number of ether oxygens (including phenoxy) is 1. The molecule has 0 saturated carbocycles. The van der Waals surface area contributed by atoms with E-state index in [0.29, 0.717) is 5.56 Å². The SMILES string of the molecule is O=C(N[C@@H](C(=O)O)C(C(F)(F)F)C(F)(F)F)OCc1ccccc1. The van der Waals surface area contributed by atoms with E-state index in [1.54, 1.807) is 18.2 Å². The van der Waals surface area contributed by atoms with Gasteiger partial charge in [-0.05, 0) is 5.56 Å². The molecule has 0 saturated heterocycles. The van der Waals surface area contributed by atoms with E-state index in [1.165, 1.54) is 12.1 Å². The second-order valence-corrected chi connectivity index (χ2v) is 4.58. The lowest BCUT2D eigenvalue weighted by molar-refractivity contribution is -0.290. The first-order chi connectivity index (χ1) is 10.9. The number of carboxylic acids is 1. The van der Waals surface area contributed by atoms with Gasteiger partial charge in [-0.25, -0.2) is 9.59 Å². The van der Waals surface area contributed by atoms with Gasteiger partial charge >= 0.3 is 24.4 Å². The third kappa shape index (κ3) is 5.63. The van der Waals surface area contributed by atoms with Crippen molar-refractivity contribution in [1.82, 2.24) is 5.32 Å². The van der Waals surface area contributed by atoms with Crippen molar-refractivity contribution in [3.05, 3.63) is 35.9 Å². The van der Waals surface area contributed by atoms with Crippen molar-refractivity contribution in [2.24, 2.45) is 5.92 Å². The molecule has 0 radical (unpaired) electrons. The van der Waals surface area contributed by atoms with Crippen LogP contribution in [0.25, 0.3) is 0 Å². The van der Waals surface area contributed by atoms with Crippen LogP contribution in [0.15, 0.2) is 30.3 Å². The Morgan fingerprint density at radius 1 is 1.04 bits per heavy atom. The number of aliphatic carboxylic acids is 1. The highest BCUT2D eigenvalue weighted by atomic mass is 19.4. The van der Waals surface area contributed by atoms with Crippen LogP contribution < -0.4 is 5.32 Å². The number of halogens is 6. The van der Waals surface area contributed by atoms with Gasteiger partial charge in [-0.15, -0.1) is 0 Å². The van der Waals surface area contributed by atoms with Crippen molar-refractivity contribution in [3.8, 4) is 0 Å². The normalized spacial score (nSPS) is 13.5. The lowest BCUT2D eigenvalue weighted by Gasteiger charge is -2.28. The van der Waals surface area contributed by atoms with Crippen LogP contribution in [0.3, 0.4) is 0 Å². The van der Waals surface area contributed by atoms with Gasteiger partial charge in [0, 0.05) is 0 Å². The standard InChI is InChI=1S/C13H11F6NO4/c14-12(15,16)9(13(17,18)19)8(10(21)22)20-11(23)24-6-7-4-2-1-3-5-7/h1-5,8-9H,6H2,(H,20,23)(H,21,22)/t8-/m1/s1. The van der Waals surface area contributed by atoms with E-state index in [-0.39, 0.29) is 0 Å². The Balaban J connectivity index is 2.84. The number of carbonyl (C=O) groups is 2. The molecular formula is C13H11F6NO4. The summed E-state index contributed by atoms with van der Waals surface area (Å²) in [5.74, 6) is -6.77. The van der Waals surface area contributed by atoms with Gasteiger partial charge in [0.1, 0.15) is 12.6 Å². The number of nitrogens with one attached hydrogen (secondary N) is 1. The van der Waals surface area contributed by atoms with Crippen molar-refractivity contribution < 1.29 is 45.8 Å². The molecule has 0 heterocycles. The number of amides is 1. The van der Waals surface area contributed by atoms with Crippen LogP contribution in [0.5, 0.6) is 0 Å². The van der Waals surface area contributed by atoms with E-state index in [0.717, 1.165) is 5.32 Å². The first kappa shape index (κ1) is 19.6. The second-order valence-electron chi connectivity index (χ2n) is 4.58. The monoisotopic (exact) mass is 359 g/mol. The third-order valence-electron chi connectivity index (χ3n) is 2.79. The Labute approximate surface area is 131 Å². The van der Waals surface area contributed by atoms with Crippen molar-refractivity contribution >= 4 is 12.1 Å². The fourth-order valence-corrected chi connectivity index (χ4v) is 1.74. The zero-order valence-electron chi connectivity index (χ0n) is 11.7. The first-order valence-corrected chi connectivity index (χ1v) is 6.26. The predicted molar refractivity (Wildman–Crippen MR) is 66.8 cm³/mol. The number of alkyl carbamates (subject to hydrolysis) is 1. The number of rotatable bonds is 5. The fraction of sp³-hybridized carbons (Fsp3) is 0.385. The van der Waals surface area contributed by atoms with Crippen molar-refractivity contribution in [3.63, 3.8) is 0 Å². The van der Waals surface area contributed by atoms with Crippen LogP contribution in [-0.2, 0) is 16.1 Å². The minimum absolute atomic E-state index is 0.405. The summed E-state index contributed by atoms with van der Waals surface area (Å²) in [5, 5.41) is 9.73. The largest absolute Gasteiger partial charge is 0.480 e. The minimum atomic E-state index is -5.92. The summed E-state index contributed by atoms with van der Waals surface area (Å²) in [6.45, 7) is -0.457. The molecule has 2 N–H and O–H groups in total. The van der Waals surface area contributed by atoms with E-state index < -0.39 is 43.0 Å². The quantitative estimate of drug-likeness (QED) is 0.793. The summed E-state index contributed by atoms with van der Waals surface area (Å²) in [4.78, 5) is 22.1. The molecule has 0 fully saturated rings. The molecule has 11 heteroatoms. The first-order valence-electron chi connectivity index (χ1n) is 6.26. The maximum Gasteiger partial charge on any atom is 0.408 e. The van der Waals surface area contributed by atoms with Crippen LogP contribution in [0, 0.1) is 5.92 Å². The van der Waals surface area contributed by atoms with Gasteiger partial charge in [0.25, 0.3) is 0 Å². The lowest BCUT2D eigenvalue weighted by atomic mass is 9.98. The Bertz CT molecular complexity index is 558. The summed E-state index contributed by atoms with van der Waals surface area (Å²) in [6, 6.07) is 4.43. The van der Waals surface area contributed by atoms with Crippen LogP contribution in [0.2, 0.25) is 0 Å².